The summed E-state index contributed by atoms with van der Waals surface area (Å²) in [5.41, 5.74) is 0.947. The molecular weight excluding hydrogens is 273 g/mol. The monoisotopic (exact) mass is 287 g/mol. The number of carbonyl (C=O) groups excluding carboxylic acids is 1. The second-order valence-electron chi connectivity index (χ2n) is 4.61. The molecule has 0 N–H and O–H groups in total. The molecule has 1 aromatic carbocycles. The van der Waals surface area contributed by atoms with Crippen molar-refractivity contribution in [3.63, 3.8) is 0 Å². The molecule has 1 heterocycles. The van der Waals surface area contributed by atoms with Crippen molar-refractivity contribution in [2.75, 3.05) is 13.2 Å². The zero-order valence-corrected chi connectivity index (χ0v) is 11.8. The van der Waals surface area contributed by atoms with Crippen molar-refractivity contribution in [1.29, 1.82) is 0 Å². The molecule has 18 heavy (non-hydrogen) atoms. The molecule has 1 aliphatic rings. The maximum atomic E-state index is 11.7. The van der Waals surface area contributed by atoms with Gasteiger partial charge in [0.15, 0.2) is 0 Å². The van der Waals surface area contributed by atoms with Crippen LogP contribution in [0.15, 0.2) is 18.2 Å². The van der Waals surface area contributed by atoms with E-state index in [9.17, 15) is 4.79 Å². The SMILES string of the molecule is CC(C)N1CC(c2ccc(Cl)c(Cl)c2)OCC1=O. The first-order chi connectivity index (χ1) is 8.49. The molecule has 1 aromatic rings. The fourth-order valence-corrected chi connectivity index (χ4v) is 2.31. The third-order valence-electron chi connectivity index (χ3n) is 3.03. The van der Waals surface area contributed by atoms with Crippen LogP contribution >= 0.6 is 23.2 Å². The average molecular weight is 288 g/mol. The molecule has 1 fully saturated rings. The van der Waals surface area contributed by atoms with Crippen LogP contribution in [0, 0.1) is 0 Å². The van der Waals surface area contributed by atoms with Crippen LogP contribution in [0.25, 0.3) is 0 Å². The molecule has 0 spiro atoms. The molecule has 0 aromatic heterocycles. The molecule has 98 valence electrons. The Morgan fingerprint density at radius 3 is 2.67 bits per heavy atom. The lowest BCUT2D eigenvalue weighted by molar-refractivity contribution is -0.151. The van der Waals surface area contributed by atoms with E-state index in [1.807, 2.05) is 24.8 Å². The number of hydrogen-bond acceptors (Lipinski definition) is 2. The van der Waals surface area contributed by atoms with E-state index in [0.717, 1.165) is 5.56 Å². The molecule has 1 unspecified atom stereocenters. The number of rotatable bonds is 2. The Morgan fingerprint density at radius 1 is 1.33 bits per heavy atom. The predicted octanol–water partition coefficient (Wildman–Crippen LogP) is 3.30. The molecule has 3 nitrogen and oxygen atoms in total. The number of ether oxygens (including phenoxy) is 1. The second-order valence-corrected chi connectivity index (χ2v) is 5.43. The Hall–Kier alpha value is -0.770. The molecular formula is C13H15Cl2NO2. The molecule has 0 radical (unpaired) electrons. The third-order valence-corrected chi connectivity index (χ3v) is 3.77. The van der Waals surface area contributed by atoms with Crippen LogP contribution in [0.4, 0.5) is 0 Å². The number of hydrogen-bond donors (Lipinski definition) is 0. The lowest BCUT2D eigenvalue weighted by Crippen LogP contribution is -2.46. The summed E-state index contributed by atoms with van der Waals surface area (Å²) in [5, 5.41) is 1.03. The highest BCUT2D eigenvalue weighted by Gasteiger charge is 2.29. The van der Waals surface area contributed by atoms with E-state index < -0.39 is 0 Å². The van der Waals surface area contributed by atoms with Crippen LogP contribution < -0.4 is 0 Å². The summed E-state index contributed by atoms with van der Waals surface area (Å²) in [6.07, 6.45) is -0.139. The number of amides is 1. The van der Waals surface area contributed by atoms with Crippen LogP contribution in [0.1, 0.15) is 25.5 Å². The van der Waals surface area contributed by atoms with Crippen LogP contribution in [-0.4, -0.2) is 30.0 Å². The largest absolute Gasteiger partial charge is 0.362 e. The first-order valence-corrected chi connectivity index (χ1v) is 6.60. The van der Waals surface area contributed by atoms with E-state index in [0.29, 0.717) is 16.6 Å². The molecule has 1 aliphatic heterocycles. The maximum Gasteiger partial charge on any atom is 0.248 e. The van der Waals surface area contributed by atoms with Gasteiger partial charge in [0.05, 0.1) is 16.6 Å². The summed E-state index contributed by atoms with van der Waals surface area (Å²) in [4.78, 5) is 13.5. The van der Waals surface area contributed by atoms with Crippen molar-refractivity contribution in [3.8, 4) is 0 Å². The normalized spacial score (nSPS) is 20.6. The molecule has 1 atom stereocenters. The quantitative estimate of drug-likeness (QED) is 0.835. The van der Waals surface area contributed by atoms with Crippen molar-refractivity contribution < 1.29 is 9.53 Å². The fourth-order valence-electron chi connectivity index (χ4n) is 2.00. The summed E-state index contributed by atoms with van der Waals surface area (Å²) in [7, 11) is 0. The van der Waals surface area contributed by atoms with Crippen LogP contribution in [-0.2, 0) is 9.53 Å². The first kappa shape index (κ1) is 13.7. The summed E-state index contributed by atoms with van der Waals surface area (Å²) in [5.74, 6) is 0.0290. The fraction of sp³-hybridized carbons (Fsp3) is 0.462. The number of morpholine rings is 1. The van der Waals surface area contributed by atoms with E-state index >= 15 is 0 Å². The van der Waals surface area contributed by atoms with Gasteiger partial charge in [-0.05, 0) is 31.5 Å². The van der Waals surface area contributed by atoms with E-state index in [-0.39, 0.29) is 24.7 Å². The Kier molecular flexibility index (Phi) is 4.15. The van der Waals surface area contributed by atoms with Gasteiger partial charge in [-0.3, -0.25) is 4.79 Å². The topological polar surface area (TPSA) is 29.5 Å². The Balaban J connectivity index is 2.18. The van der Waals surface area contributed by atoms with E-state index in [1.165, 1.54) is 0 Å². The third kappa shape index (κ3) is 2.79. The Morgan fingerprint density at radius 2 is 2.06 bits per heavy atom. The summed E-state index contributed by atoms with van der Waals surface area (Å²) < 4.78 is 5.56. The van der Waals surface area contributed by atoms with E-state index in [4.69, 9.17) is 27.9 Å². The minimum absolute atomic E-state index is 0.0290. The van der Waals surface area contributed by atoms with Gasteiger partial charge in [0, 0.05) is 6.04 Å². The minimum Gasteiger partial charge on any atom is -0.362 e. The van der Waals surface area contributed by atoms with Gasteiger partial charge in [-0.2, -0.15) is 0 Å². The minimum atomic E-state index is -0.139. The van der Waals surface area contributed by atoms with Gasteiger partial charge in [0.25, 0.3) is 0 Å². The van der Waals surface area contributed by atoms with Crippen LogP contribution in [0.3, 0.4) is 0 Å². The standard InChI is InChI=1S/C13H15Cl2NO2/c1-8(2)16-6-12(18-7-13(16)17)9-3-4-10(14)11(15)5-9/h3-5,8,12H,6-7H2,1-2H3. The molecule has 0 bridgehead atoms. The maximum absolute atomic E-state index is 11.7. The van der Waals surface area contributed by atoms with Crippen molar-refractivity contribution in [2.24, 2.45) is 0 Å². The average Bonchev–Trinajstić information content (AvgIpc) is 2.33. The molecule has 1 amide bonds. The van der Waals surface area contributed by atoms with Gasteiger partial charge in [-0.1, -0.05) is 29.3 Å². The lowest BCUT2D eigenvalue weighted by Gasteiger charge is -2.35. The van der Waals surface area contributed by atoms with Gasteiger partial charge in [0.2, 0.25) is 5.91 Å². The summed E-state index contributed by atoms with van der Waals surface area (Å²) >= 11 is 11.9. The number of halogens is 2. The van der Waals surface area contributed by atoms with E-state index in [1.54, 1.807) is 12.1 Å². The first-order valence-electron chi connectivity index (χ1n) is 5.85. The summed E-state index contributed by atoms with van der Waals surface area (Å²) in [6.45, 7) is 4.65. The molecule has 2 rings (SSSR count). The molecule has 5 heteroatoms. The van der Waals surface area contributed by atoms with Crippen LogP contribution in [0.2, 0.25) is 10.0 Å². The van der Waals surface area contributed by atoms with Gasteiger partial charge >= 0.3 is 0 Å². The van der Waals surface area contributed by atoms with Crippen molar-refractivity contribution in [1.82, 2.24) is 4.90 Å². The van der Waals surface area contributed by atoms with Crippen molar-refractivity contribution in [2.45, 2.75) is 26.0 Å². The predicted molar refractivity (Wildman–Crippen MR) is 72.0 cm³/mol. The van der Waals surface area contributed by atoms with Crippen molar-refractivity contribution in [3.05, 3.63) is 33.8 Å². The highest BCUT2D eigenvalue weighted by atomic mass is 35.5. The van der Waals surface area contributed by atoms with Gasteiger partial charge in [0.1, 0.15) is 12.7 Å². The van der Waals surface area contributed by atoms with Gasteiger partial charge < -0.3 is 9.64 Å². The Labute approximate surface area is 117 Å². The number of benzene rings is 1. The highest BCUT2D eigenvalue weighted by Crippen LogP contribution is 2.29. The highest BCUT2D eigenvalue weighted by molar-refractivity contribution is 6.42. The summed E-state index contributed by atoms with van der Waals surface area (Å²) in [6, 6.07) is 5.60. The van der Waals surface area contributed by atoms with Gasteiger partial charge in [-0.25, -0.2) is 0 Å². The number of carbonyl (C=O) groups is 1. The van der Waals surface area contributed by atoms with Crippen LogP contribution in [0.5, 0.6) is 0 Å². The molecule has 1 saturated heterocycles. The lowest BCUT2D eigenvalue weighted by atomic mass is 10.1. The second kappa shape index (κ2) is 5.47. The van der Waals surface area contributed by atoms with Gasteiger partial charge in [-0.15, -0.1) is 0 Å². The Bertz CT molecular complexity index is 462. The zero-order valence-electron chi connectivity index (χ0n) is 10.3. The smallest absolute Gasteiger partial charge is 0.248 e. The number of nitrogens with zero attached hydrogens (tertiary/aromatic N) is 1. The zero-order chi connectivity index (χ0) is 13.3. The molecule has 0 saturated carbocycles. The van der Waals surface area contributed by atoms with Crippen molar-refractivity contribution >= 4 is 29.1 Å². The molecule has 0 aliphatic carbocycles. The van der Waals surface area contributed by atoms with E-state index in [2.05, 4.69) is 0 Å².